The van der Waals surface area contributed by atoms with Gasteiger partial charge in [0.1, 0.15) is 5.75 Å². The number of hydrogen-bond acceptors (Lipinski definition) is 4. The Labute approximate surface area is 138 Å². The van der Waals surface area contributed by atoms with Gasteiger partial charge in [-0.05, 0) is 23.6 Å². The Bertz CT molecular complexity index is 694. The van der Waals surface area contributed by atoms with E-state index in [1.165, 1.54) is 11.3 Å². The van der Waals surface area contributed by atoms with Gasteiger partial charge in [0.2, 0.25) is 5.79 Å². The molecule has 2 aliphatic rings. The van der Waals surface area contributed by atoms with E-state index >= 15 is 0 Å². The number of carbonyl (C=O) groups excluding carboxylic acids is 1. The van der Waals surface area contributed by atoms with Crippen molar-refractivity contribution in [3.63, 3.8) is 0 Å². The van der Waals surface area contributed by atoms with Crippen LogP contribution < -0.4 is 10.1 Å². The van der Waals surface area contributed by atoms with Crippen LogP contribution in [-0.2, 0) is 11.3 Å². The van der Waals surface area contributed by atoms with E-state index in [4.69, 9.17) is 9.47 Å². The number of hydrogen-bond donors (Lipinski definition) is 1. The fourth-order valence-electron chi connectivity index (χ4n) is 2.99. The zero-order chi connectivity index (χ0) is 15.7. The molecular formula is C17H18N2O3S. The van der Waals surface area contributed by atoms with Crippen LogP contribution in [0, 0.1) is 0 Å². The molecule has 5 nitrogen and oxygen atoms in total. The maximum Gasteiger partial charge on any atom is 0.322 e. The molecular weight excluding hydrogens is 312 g/mol. The van der Waals surface area contributed by atoms with Crippen LogP contribution in [0.25, 0.3) is 0 Å². The summed E-state index contributed by atoms with van der Waals surface area (Å²) < 4.78 is 12.1. The molecule has 1 aromatic heterocycles. The summed E-state index contributed by atoms with van der Waals surface area (Å²) in [4.78, 5) is 14.1. The fourth-order valence-corrected chi connectivity index (χ4v) is 3.60. The normalized spacial score (nSPS) is 19.0. The zero-order valence-corrected chi connectivity index (χ0v) is 13.5. The van der Waals surface area contributed by atoms with Gasteiger partial charge >= 0.3 is 6.03 Å². The number of urea groups is 1. The van der Waals surface area contributed by atoms with Gasteiger partial charge in [-0.1, -0.05) is 18.2 Å². The number of nitrogens with zero attached hydrogens (tertiary/aromatic N) is 1. The lowest BCUT2D eigenvalue weighted by molar-refractivity contribution is -0.225. The first-order chi connectivity index (χ1) is 11.2. The number of piperidine rings is 1. The van der Waals surface area contributed by atoms with Gasteiger partial charge in [-0.3, -0.25) is 5.32 Å². The molecule has 4 rings (SSSR count). The van der Waals surface area contributed by atoms with E-state index in [-0.39, 0.29) is 6.03 Å². The maximum atomic E-state index is 12.3. The molecule has 3 heterocycles. The lowest BCUT2D eigenvalue weighted by Crippen LogP contribution is -2.53. The Morgan fingerprint density at radius 1 is 1.17 bits per heavy atom. The molecule has 0 atom stereocenters. The van der Waals surface area contributed by atoms with E-state index in [1.807, 2.05) is 46.7 Å². The molecule has 2 amide bonds. The number of ether oxygens (including phenoxy) is 2. The van der Waals surface area contributed by atoms with Crippen LogP contribution in [0.4, 0.5) is 9.80 Å². The van der Waals surface area contributed by atoms with Crippen LogP contribution in [0.1, 0.15) is 18.4 Å². The number of benzene rings is 1. The third-order valence-electron chi connectivity index (χ3n) is 4.32. The highest BCUT2D eigenvalue weighted by Gasteiger charge is 2.41. The van der Waals surface area contributed by atoms with Gasteiger partial charge in [0.05, 0.1) is 11.6 Å². The van der Waals surface area contributed by atoms with Gasteiger partial charge in [0.25, 0.3) is 0 Å². The maximum absolute atomic E-state index is 12.3. The molecule has 1 N–H and O–H groups in total. The summed E-state index contributed by atoms with van der Waals surface area (Å²) in [5.41, 5.74) is 1.08. The highest BCUT2D eigenvalue weighted by Crippen LogP contribution is 2.37. The highest BCUT2D eigenvalue weighted by atomic mass is 32.1. The summed E-state index contributed by atoms with van der Waals surface area (Å²) in [6.07, 6.45) is 1.36. The number of anilines is 1. The van der Waals surface area contributed by atoms with E-state index in [1.54, 1.807) is 0 Å². The van der Waals surface area contributed by atoms with Crippen molar-refractivity contribution in [3.05, 3.63) is 47.3 Å². The first-order valence-corrected chi connectivity index (χ1v) is 8.62. The van der Waals surface area contributed by atoms with E-state index in [9.17, 15) is 4.79 Å². The van der Waals surface area contributed by atoms with Gasteiger partial charge < -0.3 is 14.4 Å². The van der Waals surface area contributed by atoms with Crippen LogP contribution in [0.15, 0.2) is 41.8 Å². The average molecular weight is 330 g/mol. The van der Waals surface area contributed by atoms with Crippen molar-refractivity contribution in [3.8, 4) is 5.75 Å². The van der Waals surface area contributed by atoms with Gasteiger partial charge in [-0.2, -0.15) is 0 Å². The number of para-hydroxylation sites is 1. The number of thiophene rings is 1. The molecule has 1 aromatic carbocycles. The van der Waals surface area contributed by atoms with E-state index in [0.717, 1.165) is 16.3 Å². The SMILES string of the molecule is O=C(Nc1cccs1)N1CCC2(CC1)OCc1ccccc1O2. The summed E-state index contributed by atoms with van der Waals surface area (Å²) in [5, 5.41) is 5.74. The second kappa shape index (κ2) is 5.86. The monoisotopic (exact) mass is 330 g/mol. The van der Waals surface area contributed by atoms with Crippen molar-refractivity contribution in [2.75, 3.05) is 18.4 Å². The van der Waals surface area contributed by atoms with Crippen LogP contribution in [0.5, 0.6) is 5.75 Å². The molecule has 0 saturated carbocycles. The summed E-state index contributed by atoms with van der Waals surface area (Å²) in [7, 11) is 0. The highest BCUT2D eigenvalue weighted by molar-refractivity contribution is 7.14. The third kappa shape index (κ3) is 2.92. The molecule has 2 aliphatic heterocycles. The Balaban J connectivity index is 1.39. The second-order valence-electron chi connectivity index (χ2n) is 5.80. The smallest absolute Gasteiger partial charge is 0.322 e. The number of rotatable bonds is 1. The van der Waals surface area contributed by atoms with E-state index in [2.05, 4.69) is 5.32 Å². The molecule has 0 unspecified atom stereocenters. The first-order valence-electron chi connectivity index (χ1n) is 7.74. The first kappa shape index (κ1) is 14.5. The fraction of sp³-hybridized carbons (Fsp3) is 0.353. The van der Waals surface area contributed by atoms with Gasteiger partial charge in [0.15, 0.2) is 0 Å². The molecule has 0 bridgehead atoms. The van der Waals surface area contributed by atoms with Crippen molar-refractivity contribution in [1.82, 2.24) is 4.90 Å². The lowest BCUT2D eigenvalue weighted by atomic mass is 10.0. The van der Waals surface area contributed by atoms with Crippen LogP contribution in [0.3, 0.4) is 0 Å². The average Bonchev–Trinajstić information content (AvgIpc) is 3.08. The number of amides is 2. The van der Waals surface area contributed by atoms with E-state index < -0.39 is 5.79 Å². The van der Waals surface area contributed by atoms with Crippen molar-refractivity contribution in [1.29, 1.82) is 0 Å². The molecule has 1 fully saturated rings. The number of nitrogens with one attached hydrogen (secondary N) is 1. The van der Waals surface area contributed by atoms with Crippen LogP contribution >= 0.6 is 11.3 Å². The Morgan fingerprint density at radius 2 is 2.00 bits per heavy atom. The summed E-state index contributed by atoms with van der Waals surface area (Å²) in [6, 6.07) is 11.7. The molecule has 120 valence electrons. The quantitative estimate of drug-likeness (QED) is 0.868. The van der Waals surface area contributed by atoms with Crippen LogP contribution in [-0.4, -0.2) is 29.8 Å². The molecule has 0 radical (unpaired) electrons. The topological polar surface area (TPSA) is 50.8 Å². The van der Waals surface area contributed by atoms with Gasteiger partial charge in [-0.15, -0.1) is 11.3 Å². The number of likely N-dealkylation sites (tertiary alicyclic amines) is 1. The molecule has 23 heavy (non-hydrogen) atoms. The molecule has 6 heteroatoms. The number of fused-ring (bicyclic) bond motifs is 1. The molecule has 0 aliphatic carbocycles. The minimum Gasteiger partial charge on any atom is -0.462 e. The molecule has 2 aromatic rings. The number of carbonyl (C=O) groups is 1. The van der Waals surface area contributed by atoms with Gasteiger partial charge in [-0.25, -0.2) is 4.79 Å². The predicted molar refractivity (Wildman–Crippen MR) is 88.7 cm³/mol. The minimum absolute atomic E-state index is 0.0569. The summed E-state index contributed by atoms with van der Waals surface area (Å²) in [5.74, 6) is 0.309. The largest absolute Gasteiger partial charge is 0.462 e. The minimum atomic E-state index is -0.589. The summed E-state index contributed by atoms with van der Waals surface area (Å²) >= 11 is 1.52. The molecule has 1 spiro atoms. The summed E-state index contributed by atoms with van der Waals surface area (Å²) in [6.45, 7) is 1.82. The molecule has 1 saturated heterocycles. The second-order valence-corrected chi connectivity index (χ2v) is 6.75. The van der Waals surface area contributed by atoms with Crippen molar-refractivity contribution >= 4 is 22.4 Å². The Kier molecular flexibility index (Phi) is 3.71. The third-order valence-corrected chi connectivity index (χ3v) is 5.11. The van der Waals surface area contributed by atoms with Crippen molar-refractivity contribution in [2.24, 2.45) is 0 Å². The predicted octanol–water partition coefficient (Wildman–Crippen LogP) is 3.68. The van der Waals surface area contributed by atoms with E-state index in [0.29, 0.717) is 32.5 Å². The van der Waals surface area contributed by atoms with Crippen LogP contribution in [0.2, 0.25) is 0 Å². The van der Waals surface area contributed by atoms with Crippen molar-refractivity contribution in [2.45, 2.75) is 25.2 Å². The van der Waals surface area contributed by atoms with Gasteiger partial charge in [0, 0.05) is 31.5 Å². The standard InChI is InChI=1S/C17H18N2O3S/c20-16(18-15-6-3-11-23-15)19-9-7-17(8-10-19)21-12-13-4-1-2-5-14(13)22-17/h1-6,11H,7-10,12H2,(H,18,20). The Hall–Kier alpha value is -2.05. The Morgan fingerprint density at radius 3 is 2.78 bits per heavy atom. The lowest BCUT2D eigenvalue weighted by Gasteiger charge is -2.43. The zero-order valence-electron chi connectivity index (χ0n) is 12.7. The van der Waals surface area contributed by atoms with Crippen molar-refractivity contribution < 1.29 is 14.3 Å².